The van der Waals surface area contributed by atoms with Gasteiger partial charge in [0.25, 0.3) is 0 Å². The molecule has 0 heterocycles. The van der Waals surface area contributed by atoms with Crippen LogP contribution in [0.5, 0.6) is 5.75 Å². The summed E-state index contributed by atoms with van der Waals surface area (Å²) in [4.78, 5) is -0.631. The number of phenols is 1. The molecule has 0 amide bonds. The Balaban J connectivity index is 3.50. The molecule has 1 aromatic rings. The monoisotopic (exact) mass is 269 g/mol. The Bertz CT molecular complexity index is 445. The molecule has 4 nitrogen and oxygen atoms in total. The number of hydrogen-bond donors (Lipinski definition) is 2. The van der Waals surface area contributed by atoms with Gasteiger partial charge in [-0.1, -0.05) is 0 Å². The first-order chi connectivity index (χ1) is 5.82. The summed E-state index contributed by atoms with van der Waals surface area (Å²) in [5.74, 6) is -1.39. The van der Waals surface area contributed by atoms with Crippen LogP contribution in [0.4, 0.5) is 4.39 Å². The van der Waals surface area contributed by atoms with E-state index >= 15 is 0 Å². The van der Waals surface area contributed by atoms with Crippen LogP contribution in [0.25, 0.3) is 0 Å². The number of phenolic OH excluding ortho intramolecular Hbond substituents is 1. The van der Waals surface area contributed by atoms with Gasteiger partial charge in [0.1, 0.15) is 16.5 Å². The highest BCUT2D eigenvalue weighted by Crippen LogP contribution is 2.27. The normalized spacial score (nSPS) is 11.6. The summed E-state index contributed by atoms with van der Waals surface area (Å²) < 4.78 is 34.3. The maximum atomic E-state index is 12.8. The van der Waals surface area contributed by atoms with Gasteiger partial charge in [-0.25, -0.2) is 17.9 Å². The molecule has 0 aromatic heterocycles. The predicted octanol–water partition coefficient (Wildman–Crippen LogP) is 0.941. The SMILES string of the molecule is NS(=O)(=O)c1cc(F)c(Br)cc1O. The lowest BCUT2D eigenvalue weighted by molar-refractivity contribution is 0.454. The quantitative estimate of drug-likeness (QED) is 0.796. The van der Waals surface area contributed by atoms with Gasteiger partial charge in [0.15, 0.2) is 0 Å². The number of nitrogens with two attached hydrogens (primary N) is 1. The first kappa shape index (κ1) is 10.4. The molecule has 72 valence electrons. The highest BCUT2D eigenvalue weighted by molar-refractivity contribution is 9.10. The average Bonchev–Trinajstić information content (AvgIpc) is 1.94. The third kappa shape index (κ3) is 2.17. The summed E-state index contributed by atoms with van der Waals surface area (Å²) in [6, 6.07) is 1.57. The Morgan fingerprint density at radius 2 is 2.00 bits per heavy atom. The van der Waals surface area contributed by atoms with E-state index in [4.69, 9.17) is 10.2 Å². The van der Waals surface area contributed by atoms with Gasteiger partial charge in [0.05, 0.1) is 4.47 Å². The van der Waals surface area contributed by atoms with Gasteiger partial charge in [0.2, 0.25) is 10.0 Å². The summed E-state index contributed by atoms with van der Waals surface area (Å²) in [6.45, 7) is 0. The third-order valence-corrected chi connectivity index (χ3v) is 2.86. The van der Waals surface area contributed by atoms with Crippen molar-refractivity contribution in [3.05, 3.63) is 22.4 Å². The Kier molecular flexibility index (Phi) is 2.60. The molecular weight excluding hydrogens is 265 g/mol. The summed E-state index contributed by atoms with van der Waals surface area (Å²) in [7, 11) is -4.08. The molecule has 0 saturated heterocycles. The third-order valence-electron chi connectivity index (χ3n) is 1.31. The Labute approximate surface area is 82.4 Å². The Hall–Kier alpha value is -0.660. The molecule has 1 rings (SSSR count). The topological polar surface area (TPSA) is 80.4 Å². The average molecular weight is 270 g/mol. The number of primary sulfonamides is 1. The maximum Gasteiger partial charge on any atom is 0.241 e. The second-order valence-electron chi connectivity index (χ2n) is 2.28. The molecule has 0 fully saturated rings. The zero-order valence-electron chi connectivity index (χ0n) is 6.16. The zero-order chi connectivity index (χ0) is 10.2. The van der Waals surface area contributed by atoms with Crippen LogP contribution >= 0.6 is 15.9 Å². The fraction of sp³-hybridized carbons (Fsp3) is 0. The van der Waals surface area contributed by atoms with E-state index in [1.165, 1.54) is 0 Å². The number of sulfonamides is 1. The zero-order valence-corrected chi connectivity index (χ0v) is 8.56. The van der Waals surface area contributed by atoms with Gasteiger partial charge in [-0.05, 0) is 28.1 Å². The van der Waals surface area contributed by atoms with E-state index in [1.54, 1.807) is 0 Å². The van der Waals surface area contributed by atoms with Gasteiger partial charge in [-0.15, -0.1) is 0 Å². The molecule has 0 atom stereocenters. The lowest BCUT2D eigenvalue weighted by Crippen LogP contribution is -2.12. The van der Waals surface area contributed by atoms with Crippen LogP contribution in [0.1, 0.15) is 0 Å². The molecule has 0 bridgehead atoms. The van der Waals surface area contributed by atoms with Crippen LogP contribution < -0.4 is 5.14 Å². The standard InChI is InChI=1S/C6H5BrFNO3S/c7-3-1-5(10)6(2-4(3)8)13(9,11)12/h1-2,10H,(H2,9,11,12). The van der Waals surface area contributed by atoms with Crippen molar-refractivity contribution in [2.24, 2.45) is 5.14 Å². The number of aromatic hydroxyl groups is 1. The minimum atomic E-state index is -4.08. The van der Waals surface area contributed by atoms with Gasteiger partial charge in [-0.2, -0.15) is 0 Å². The van der Waals surface area contributed by atoms with Crippen molar-refractivity contribution >= 4 is 26.0 Å². The Morgan fingerprint density at radius 3 is 2.46 bits per heavy atom. The van der Waals surface area contributed by atoms with Crippen molar-refractivity contribution in [1.29, 1.82) is 0 Å². The van der Waals surface area contributed by atoms with Crippen LogP contribution in [-0.2, 0) is 10.0 Å². The number of halogens is 2. The van der Waals surface area contributed by atoms with Gasteiger partial charge < -0.3 is 5.11 Å². The highest BCUT2D eigenvalue weighted by Gasteiger charge is 2.16. The largest absolute Gasteiger partial charge is 0.506 e. The van der Waals surface area contributed by atoms with Crippen LogP contribution in [0.2, 0.25) is 0 Å². The second-order valence-corrected chi connectivity index (χ2v) is 4.66. The van der Waals surface area contributed by atoms with Crippen molar-refractivity contribution in [3.8, 4) is 5.75 Å². The molecule has 0 aliphatic carbocycles. The predicted molar refractivity (Wildman–Crippen MR) is 47.1 cm³/mol. The summed E-state index contributed by atoms with van der Waals surface area (Å²) in [6.07, 6.45) is 0. The van der Waals surface area contributed by atoms with Gasteiger partial charge in [-0.3, -0.25) is 0 Å². The van der Waals surface area contributed by atoms with E-state index in [-0.39, 0.29) is 4.47 Å². The molecule has 0 aliphatic rings. The van der Waals surface area contributed by atoms with Crippen molar-refractivity contribution < 1.29 is 17.9 Å². The van der Waals surface area contributed by atoms with Crippen molar-refractivity contribution in [2.45, 2.75) is 4.90 Å². The van der Waals surface area contributed by atoms with E-state index < -0.39 is 26.5 Å². The second kappa shape index (κ2) is 3.24. The molecule has 13 heavy (non-hydrogen) atoms. The van der Waals surface area contributed by atoms with E-state index in [0.29, 0.717) is 6.07 Å². The van der Waals surface area contributed by atoms with E-state index in [9.17, 15) is 12.8 Å². The molecule has 7 heteroatoms. The molecular formula is C6H5BrFNO3S. The Morgan fingerprint density at radius 1 is 1.46 bits per heavy atom. The van der Waals surface area contributed by atoms with Gasteiger partial charge in [0, 0.05) is 0 Å². The van der Waals surface area contributed by atoms with Crippen molar-refractivity contribution in [2.75, 3.05) is 0 Å². The molecule has 1 aromatic carbocycles. The van der Waals surface area contributed by atoms with Crippen molar-refractivity contribution in [3.63, 3.8) is 0 Å². The lowest BCUT2D eigenvalue weighted by atomic mass is 10.3. The molecule has 0 radical (unpaired) electrons. The molecule has 0 unspecified atom stereocenters. The highest BCUT2D eigenvalue weighted by atomic mass is 79.9. The molecule has 0 spiro atoms. The van der Waals surface area contributed by atoms with E-state index in [0.717, 1.165) is 6.07 Å². The molecule has 0 aliphatic heterocycles. The van der Waals surface area contributed by atoms with Crippen LogP contribution in [0, 0.1) is 5.82 Å². The molecule has 0 saturated carbocycles. The van der Waals surface area contributed by atoms with Crippen LogP contribution in [0.15, 0.2) is 21.5 Å². The maximum absolute atomic E-state index is 12.8. The van der Waals surface area contributed by atoms with Gasteiger partial charge >= 0.3 is 0 Å². The minimum absolute atomic E-state index is 0.0302. The minimum Gasteiger partial charge on any atom is -0.506 e. The summed E-state index contributed by atoms with van der Waals surface area (Å²) >= 11 is 2.78. The lowest BCUT2D eigenvalue weighted by Gasteiger charge is -2.02. The molecule has 3 N–H and O–H groups in total. The summed E-state index contributed by atoms with van der Waals surface area (Å²) in [5, 5.41) is 13.8. The fourth-order valence-corrected chi connectivity index (χ4v) is 1.70. The van der Waals surface area contributed by atoms with Crippen molar-refractivity contribution in [1.82, 2.24) is 0 Å². The number of hydrogen-bond acceptors (Lipinski definition) is 3. The number of benzene rings is 1. The summed E-state index contributed by atoms with van der Waals surface area (Å²) in [5.41, 5.74) is 0. The van der Waals surface area contributed by atoms with Crippen LogP contribution in [-0.4, -0.2) is 13.5 Å². The van der Waals surface area contributed by atoms with Crippen LogP contribution in [0.3, 0.4) is 0 Å². The first-order valence-electron chi connectivity index (χ1n) is 3.03. The number of rotatable bonds is 1. The van der Waals surface area contributed by atoms with E-state index in [1.807, 2.05) is 0 Å². The fourth-order valence-electron chi connectivity index (χ4n) is 0.746. The smallest absolute Gasteiger partial charge is 0.241 e. The van der Waals surface area contributed by atoms with E-state index in [2.05, 4.69) is 15.9 Å². The first-order valence-corrected chi connectivity index (χ1v) is 5.37.